The summed E-state index contributed by atoms with van der Waals surface area (Å²) in [5.74, 6) is 0.484. The van der Waals surface area contributed by atoms with Crippen LogP contribution in [0, 0.1) is 12.8 Å². The maximum atomic E-state index is 11.8. The molecule has 7 heteroatoms. The van der Waals surface area contributed by atoms with Crippen molar-refractivity contribution < 1.29 is 4.79 Å². The van der Waals surface area contributed by atoms with E-state index in [1.165, 1.54) is 30.6 Å². The predicted octanol–water partition coefficient (Wildman–Crippen LogP) is 2.07. The number of carbonyl (C=O) groups is 1. The Morgan fingerprint density at radius 2 is 2.19 bits per heavy atom. The second kappa shape index (κ2) is 7.70. The molecule has 3 N–H and O–H groups in total. The molecule has 0 aromatic carbocycles. The van der Waals surface area contributed by atoms with Gasteiger partial charge in [0.15, 0.2) is 5.11 Å². The summed E-state index contributed by atoms with van der Waals surface area (Å²) in [4.78, 5) is 16.1. The van der Waals surface area contributed by atoms with Gasteiger partial charge in [0.05, 0.1) is 6.42 Å². The largest absolute Gasteiger partial charge is 0.358 e. The van der Waals surface area contributed by atoms with Crippen LogP contribution in [0.5, 0.6) is 0 Å². The van der Waals surface area contributed by atoms with Crippen LogP contribution in [-0.4, -0.2) is 22.0 Å². The van der Waals surface area contributed by atoms with Gasteiger partial charge < -0.3 is 5.32 Å². The van der Waals surface area contributed by atoms with Gasteiger partial charge in [-0.15, -0.1) is 11.3 Å². The molecular weight excluding hydrogens is 304 g/mol. The minimum Gasteiger partial charge on any atom is -0.358 e. The number of hydrogen-bond donors (Lipinski definition) is 3. The van der Waals surface area contributed by atoms with Gasteiger partial charge in [-0.3, -0.25) is 15.6 Å². The normalized spacial score (nSPS) is 21.6. The van der Waals surface area contributed by atoms with Gasteiger partial charge in [-0.1, -0.05) is 19.8 Å². The Bertz CT molecular complexity index is 503. The van der Waals surface area contributed by atoms with Crippen molar-refractivity contribution in [3.8, 4) is 0 Å². The third kappa shape index (κ3) is 5.24. The number of thiocarbonyl (C=S) groups is 1. The van der Waals surface area contributed by atoms with Crippen molar-refractivity contribution in [2.75, 3.05) is 0 Å². The molecule has 1 aromatic rings. The molecule has 0 radical (unpaired) electrons. The first-order valence-electron chi connectivity index (χ1n) is 7.31. The van der Waals surface area contributed by atoms with Crippen LogP contribution in [0.4, 0.5) is 0 Å². The number of nitrogens with one attached hydrogen (secondary N) is 3. The lowest BCUT2D eigenvalue weighted by atomic mass is 9.86. The smallest absolute Gasteiger partial charge is 0.245 e. The lowest BCUT2D eigenvalue weighted by molar-refractivity contribution is -0.121. The highest BCUT2D eigenvalue weighted by Gasteiger charge is 2.21. The molecule has 1 saturated carbocycles. The van der Waals surface area contributed by atoms with E-state index in [0.717, 1.165) is 17.1 Å². The van der Waals surface area contributed by atoms with Crippen LogP contribution in [0.2, 0.25) is 0 Å². The van der Waals surface area contributed by atoms with E-state index in [-0.39, 0.29) is 12.3 Å². The van der Waals surface area contributed by atoms with Gasteiger partial charge in [0, 0.05) is 17.1 Å². The lowest BCUT2D eigenvalue weighted by Gasteiger charge is -2.30. The van der Waals surface area contributed by atoms with E-state index in [9.17, 15) is 4.79 Å². The van der Waals surface area contributed by atoms with Crippen LogP contribution in [0.1, 0.15) is 43.3 Å². The van der Waals surface area contributed by atoms with Crippen LogP contribution >= 0.6 is 23.6 Å². The summed E-state index contributed by atoms with van der Waals surface area (Å²) in [6.45, 7) is 4.16. The molecule has 1 aromatic heterocycles. The highest BCUT2D eigenvalue weighted by atomic mass is 32.1. The van der Waals surface area contributed by atoms with Gasteiger partial charge in [-0.05, 0) is 37.9 Å². The molecule has 1 heterocycles. The Kier molecular flexibility index (Phi) is 5.93. The molecule has 5 nitrogen and oxygen atoms in total. The number of rotatable bonds is 3. The van der Waals surface area contributed by atoms with E-state index < -0.39 is 0 Å². The zero-order valence-corrected chi connectivity index (χ0v) is 14.1. The Labute approximate surface area is 134 Å². The summed E-state index contributed by atoms with van der Waals surface area (Å²) in [6, 6.07) is 0.400. The second-order valence-corrected chi connectivity index (χ2v) is 6.93. The molecule has 0 bridgehead atoms. The predicted molar refractivity (Wildman–Crippen MR) is 89.0 cm³/mol. The average Bonchev–Trinajstić information content (AvgIpc) is 2.84. The fourth-order valence-electron chi connectivity index (χ4n) is 2.53. The molecule has 21 heavy (non-hydrogen) atoms. The first kappa shape index (κ1) is 16.2. The number of aromatic nitrogens is 1. The van der Waals surface area contributed by atoms with Crippen molar-refractivity contribution in [3.63, 3.8) is 0 Å². The third-order valence-corrected chi connectivity index (χ3v) is 4.91. The molecule has 0 unspecified atom stereocenters. The second-order valence-electron chi connectivity index (χ2n) is 5.57. The molecule has 0 spiro atoms. The number of amides is 1. The molecule has 1 amide bonds. The van der Waals surface area contributed by atoms with Gasteiger partial charge in [0.25, 0.3) is 0 Å². The van der Waals surface area contributed by atoms with Crippen molar-refractivity contribution in [1.82, 2.24) is 21.2 Å². The van der Waals surface area contributed by atoms with E-state index in [2.05, 4.69) is 28.1 Å². The Morgan fingerprint density at radius 3 is 2.86 bits per heavy atom. The molecule has 1 aliphatic rings. The fourth-order valence-corrected chi connectivity index (χ4v) is 3.50. The quantitative estimate of drug-likeness (QED) is 0.586. The molecule has 2 atom stereocenters. The van der Waals surface area contributed by atoms with Crippen LogP contribution in [0.3, 0.4) is 0 Å². The number of hydrazine groups is 1. The number of carbonyl (C=O) groups excluding carboxylic acids is 1. The van der Waals surface area contributed by atoms with Gasteiger partial charge in [0.1, 0.15) is 5.01 Å². The van der Waals surface area contributed by atoms with Crippen molar-refractivity contribution in [1.29, 1.82) is 0 Å². The minimum absolute atomic E-state index is 0.134. The minimum atomic E-state index is -0.134. The van der Waals surface area contributed by atoms with E-state index >= 15 is 0 Å². The van der Waals surface area contributed by atoms with Crippen molar-refractivity contribution in [2.24, 2.45) is 5.92 Å². The molecule has 116 valence electrons. The first-order valence-corrected chi connectivity index (χ1v) is 8.59. The Morgan fingerprint density at radius 1 is 1.43 bits per heavy atom. The third-order valence-electron chi connectivity index (χ3n) is 3.72. The summed E-state index contributed by atoms with van der Waals surface area (Å²) < 4.78 is 0. The standard InChI is InChI=1S/C14H22N4OS2/c1-9-5-3-4-6-11(9)16-14(20)18-17-12(19)7-13-15-10(2)8-21-13/h8-9,11H,3-7H2,1-2H3,(H,17,19)(H2,16,18,20)/t9-,11+/m1/s1. The Hall–Kier alpha value is -1.21. The first-order chi connectivity index (χ1) is 10.0. The molecule has 1 aliphatic carbocycles. The lowest BCUT2D eigenvalue weighted by Crippen LogP contribution is -2.51. The number of hydrogen-bond acceptors (Lipinski definition) is 4. The molecular formula is C14H22N4OS2. The van der Waals surface area contributed by atoms with E-state index in [0.29, 0.717) is 17.1 Å². The fraction of sp³-hybridized carbons (Fsp3) is 0.643. The van der Waals surface area contributed by atoms with E-state index in [4.69, 9.17) is 12.2 Å². The zero-order valence-electron chi connectivity index (χ0n) is 12.4. The summed E-state index contributed by atoms with van der Waals surface area (Å²) in [6.07, 6.45) is 5.17. The van der Waals surface area contributed by atoms with Crippen LogP contribution in [0.15, 0.2) is 5.38 Å². The van der Waals surface area contributed by atoms with Crippen molar-refractivity contribution >= 4 is 34.6 Å². The zero-order chi connectivity index (χ0) is 15.2. The van der Waals surface area contributed by atoms with E-state index in [1.54, 1.807) is 0 Å². The number of thiazole rings is 1. The number of aryl methyl sites for hydroxylation is 1. The van der Waals surface area contributed by atoms with Gasteiger partial charge in [-0.25, -0.2) is 4.98 Å². The number of nitrogens with zero attached hydrogens (tertiary/aromatic N) is 1. The van der Waals surface area contributed by atoms with Crippen LogP contribution in [0.25, 0.3) is 0 Å². The van der Waals surface area contributed by atoms with E-state index in [1.807, 2.05) is 12.3 Å². The van der Waals surface area contributed by atoms with Crippen molar-refractivity contribution in [2.45, 2.75) is 52.0 Å². The van der Waals surface area contributed by atoms with Gasteiger partial charge in [-0.2, -0.15) is 0 Å². The monoisotopic (exact) mass is 326 g/mol. The van der Waals surface area contributed by atoms with Crippen molar-refractivity contribution in [3.05, 3.63) is 16.1 Å². The summed E-state index contributed by atoms with van der Waals surface area (Å²) in [5.41, 5.74) is 6.34. The summed E-state index contributed by atoms with van der Waals surface area (Å²) in [7, 11) is 0. The van der Waals surface area contributed by atoms with Gasteiger partial charge in [0.2, 0.25) is 5.91 Å². The maximum absolute atomic E-state index is 11.8. The maximum Gasteiger partial charge on any atom is 0.245 e. The highest BCUT2D eigenvalue weighted by Crippen LogP contribution is 2.23. The highest BCUT2D eigenvalue weighted by molar-refractivity contribution is 7.80. The van der Waals surface area contributed by atoms with Gasteiger partial charge >= 0.3 is 0 Å². The van der Waals surface area contributed by atoms with Crippen LogP contribution < -0.4 is 16.2 Å². The average molecular weight is 326 g/mol. The molecule has 0 aliphatic heterocycles. The molecule has 2 rings (SSSR count). The topological polar surface area (TPSA) is 66.1 Å². The SMILES string of the molecule is Cc1csc(CC(=O)NNC(=S)N[C@H]2CCCC[C@H]2C)n1. The molecule has 0 saturated heterocycles. The summed E-state index contributed by atoms with van der Waals surface area (Å²) >= 11 is 6.72. The molecule has 1 fully saturated rings. The Balaban J connectivity index is 1.69. The van der Waals surface area contributed by atoms with Crippen LogP contribution in [-0.2, 0) is 11.2 Å². The summed E-state index contributed by atoms with van der Waals surface area (Å²) in [5, 5.41) is 6.52.